The van der Waals surface area contributed by atoms with Crippen LogP contribution >= 0.6 is 0 Å². The number of ether oxygens (including phenoxy) is 1. The lowest BCUT2D eigenvalue weighted by Crippen LogP contribution is -2.55. The molecule has 0 spiro atoms. The van der Waals surface area contributed by atoms with Crippen molar-refractivity contribution in [3.05, 3.63) is 11.6 Å². The minimum absolute atomic E-state index is 0.0673. The van der Waals surface area contributed by atoms with E-state index < -0.39 is 5.60 Å². The second-order valence-electron chi connectivity index (χ2n) is 9.08. The van der Waals surface area contributed by atoms with Gasteiger partial charge >= 0.3 is 5.97 Å². The van der Waals surface area contributed by atoms with E-state index in [1.54, 1.807) is 0 Å². The smallest absolute Gasteiger partial charge is 0.304 e. The first-order valence-electron chi connectivity index (χ1n) is 10.6. The molecule has 3 fully saturated rings. The van der Waals surface area contributed by atoms with Gasteiger partial charge in [-0.2, -0.15) is 0 Å². The van der Waals surface area contributed by atoms with Crippen LogP contribution in [0.15, 0.2) is 16.8 Å². The van der Waals surface area contributed by atoms with Gasteiger partial charge in [0.2, 0.25) is 0 Å². The molecule has 0 aliphatic heterocycles. The van der Waals surface area contributed by atoms with Gasteiger partial charge in [-0.15, -0.1) is 6.42 Å². The third-order valence-corrected chi connectivity index (χ3v) is 8.45. The first-order chi connectivity index (χ1) is 13.0. The Morgan fingerprint density at radius 1 is 1.30 bits per heavy atom. The minimum atomic E-state index is -0.720. The summed E-state index contributed by atoms with van der Waals surface area (Å²) in [6.07, 6.45) is 17.5. The van der Waals surface area contributed by atoms with Crippen LogP contribution in [0.4, 0.5) is 0 Å². The van der Waals surface area contributed by atoms with Gasteiger partial charge in [-0.05, 0) is 87.5 Å². The summed E-state index contributed by atoms with van der Waals surface area (Å²) in [5.41, 5.74) is 1.53. The molecule has 3 saturated carbocycles. The summed E-state index contributed by atoms with van der Waals surface area (Å²) in [5.74, 6) is 5.25. The first kappa shape index (κ1) is 18.6. The van der Waals surface area contributed by atoms with E-state index in [1.807, 2.05) is 0 Å². The van der Waals surface area contributed by atoms with E-state index in [4.69, 9.17) is 16.4 Å². The van der Waals surface area contributed by atoms with Crippen LogP contribution in [0.1, 0.15) is 71.6 Å². The van der Waals surface area contributed by atoms with Crippen LogP contribution in [0.25, 0.3) is 0 Å². The number of hydrogen-bond donors (Lipinski definition) is 1. The van der Waals surface area contributed by atoms with Crippen LogP contribution in [0, 0.1) is 41.4 Å². The van der Waals surface area contributed by atoms with Crippen molar-refractivity contribution in [1.29, 1.82) is 0 Å². The summed E-state index contributed by atoms with van der Waals surface area (Å²) in [5, 5.41) is 12.6. The van der Waals surface area contributed by atoms with E-state index in [1.165, 1.54) is 18.9 Å². The monoisotopic (exact) mass is 369 g/mol. The topological polar surface area (TPSA) is 58.9 Å². The van der Waals surface area contributed by atoms with Crippen LogP contribution in [0.2, 0.25) is 0 Å². The summed E-state index contributed by atoms with van der Waals surface area (Å²) in [6.45, 7) is 3.72. The molecule has 1 N–H and O–H groups in total. The van der Waals surface area contributed by atoms with Crippen molar-refractivity contribution in [1.82, 2.24) is 0 Å². The zero-order chi connectivity index (χ0) is 19.2. The number of fused-ring (bicyclic) bond motifs is 5. The second-order valence-corrected chi connectivity index (χ2v) is 9.08. The van der Waals surface area contributed by atoms with Crippen LogP contribution in [0.3, 0.4) is 0 Å². The molecule has 0 bridgehead atoms. The molecule has 0 amide bonds. The molecule has 0 aromatic carbocycles. The number of esters is 1. The average Bonchev–Trinajstić information content (AvgIpc) is 3.01. The Bertz CT molecular complexity index is 732. The maximum absolute atomic E-state index is 11.9. The lowest BCUT2D eigenvalue weighted by atomic mass is 9.49. The van der Waals surface area contributed by atoms with Gasteiger partial charge in [0, 0.05) is 12.3 Å². The standard InChI is InChI=1S/C23H31NO3/c1-4-22-12-10-19-18-9-7-17(24-26)14-16(18)6-8-20(19)21(22)11-13-23(22,5-2)27-15(3)25/h2,14,18-21,26H,4,6-13H2,1,3H3/t18-,19+,20+,21-,22-,23-/m0/s1. The molecule has 4 nitrogen and oxygen atoms in total. The highest BCUT2D eigenvalue weighted by Gasteiger charge is 2.65. The van der Waals surface area contributed by atoms with E-state index in [2.05, 4.69) is 24.1 Å². The Kier molecular flexibility index (Phi) is 4.61. The summed E-state index contributed by atoms with van der Waals surface area (Å²) in [4.78, 5) is 11.9. The van der Waals surface area contributed by atoms with Gasteiger partial charge in [0.25, 0.3) is 0 Å². The van der Waals surface area contributed by atoms with Gasteiger partial charge < -0.3 is 9.94 Å². The molecule has 4 aliphatic rings. The van der Waals surface area contributed by atoms with Gasteiger partial charge in [-0.25, -0.2) is 0 Å². The van der Waals surface area contributed by atoms with Crippen molar-refractivity contribution in [2.24, 2.45) is 34.2 Å². The zero-order valence-electron chi connectivity index (χ0n) is 16.5. The lowest BCUT2D eigenvalue weighted by Gasteiger charge is -2.56. The van der Waals surface area contributed by atoms with Gasteiger partial charge in [0.05, 0.1) is 5.71 Å². The van der Waals surface area contributed by atoms with Crippen molar-refractivity contribution in [3.8, 4) is 12.3 Å². The molecule has 0 aromatic heterocycles. The molecule has 0 aromatic rings. The van der Waals surface area contributed by atoms with E-state index in [0.717, 1.165) is 57.1 Å². The Hall–Kier alpha value is -1.76. The van der Waals surface area contributed by atoms with Crippen LogP contribution in [-0.4, -0.2) is 22.5 Å². The molecule has 6 atom stereocenters. The van der Waals surface area contributed by atoms with E-state index >= 15 is 0 Å². The van der Waals surface area contributed by atoms with Crippen LogP contribution in [0.5, 0.6) is 0 Å². The number of rotatable bonds is 2. The van der Waals surface area contributed by atoms with Crippen molar-refractivity contribution < 1.29 is 14.7 Å². The quantitative estimate of drug-likeness (QED) is 0.332. The van der Waals surface area contributed by atoms with Gasteiger partial charge in [-0.3, -0.25) is 4.79 Å². The second kappa shape index (κ2) is 6.69. The van der Waals surface area contributed by atoms with Crippen molar-refractivity contribution >= 4 is 11.7 Å². The Balaban J connectivity index is 1.66. The number of terminal acetylenes is 1. The van der Waals surface area contributed by atoms with Gasteiger partial charge in [0.15, 0.2) is 5.60 Å². The molecule has 0 radical (unpaired) electrons. The van der Waals surface area contributed by atoms with Crippen molar-refractivity contribution in [2.75, 3.05) is 0 Å². The molecule has 4 heteroatoms. The largest absolute Gasteiger partial charge is 0.445 e. The molecule has 4 aliphatic carbocycles. The predicted molar refractivity (Wildman–Crippen MR) is 104 cm³/mol. The zero-order valence-corrected chi connectivity index (χ0v) is 16.5. The first-order valence-corrected chi connectivity index (χ1v) is 10.6. The van der Waals surface area contributed by atoms with Crippen LogP contribution in [-0.2, 0) is 9.53 Å². The van der Waals surface area contributed by atoms with Crippen molar-refractivity contribution in [3.63, 3.8) is 0 Å². The normalized spacial score (nSPS) is 44.5. The Morgan fingerprint density at radius 3 is 2.78 bits per heavy atom. The van der Waals surface area contributed by atoms with Gasteiger partial charge in [-0.1, -0.05) is 23.6 Å². The summed E-state index contributed by atoms with van der Waals surface area (Å²) < 4.78 is 5.90. The fourth-order valence-electron chi connectivity index (χ4n) is 7.45. The highest BCUT2D eigenvalue weighted by atomic mass is 16.6. The fourth-order valence-corrected chi connectivity index (χ4v) is 7.45. The summed E-state index contributed by atoms with van der Waals surface area (Å²) in [7, 11) is 0. The number of nitrogens with zero attached hydrogens (tertiary/aromatic N) is 1. The summed E-state index contributed by atoms with van der Waals surface area (Å²) in [6, 6.07) is 0. The van der Waals surface area contributed by atoms with E-state index in [9.17, 15) is 4.79 Å². The molecule has 0 saturated heterocycles. The molecular formula is C23H31NO3. The summed E-state index contributed by atoms with van der Waals surface area (Å²) >= 11 is 0. The van der Waals surface area contributed by atoms with Gasteiger partial charge in [0.1, 0.15) is 0 Å². The molecule has 146 valence electrons. The molecule has 4 rings (SSSR count). The van der Waals surface area contributed by atoms with Crippen molar-refractivity contribution in [2.45, 2.75) is 77.2 Å². The van der Waals surface area contributed by atoms with E-state index in [-0.39, 0.29) is 11.4 Å². The molecule has 0 heterocycles. The van der Waals surface area contributed by atoms with E-state index in [0.29, 0.717) is 23.7 Å². The SMILES string of the molecule is C#C[C@]1(OC(C)=O)CC[C@H]2[C@@H]3CCC4=CC(=NO)CC[C@@H]4[C@H]3CC[C@@]21CC. The third kappa shape index (κ3) is 2.57. The third-order valence-electron chi connectivity index (χ3n) is 8.45. The molecule has 0 unspecified atom stereocenters. The maximum Gasteiger partial charge on any atom is 0.304 e. The fraction of sp³-hybridized carbons (Fsp3) is 0.739. The highest BCUT2D eigenvalue weighted by Crippen LogP contribution is 2.67. The number of carbonyl (C=O) groups is 1. The Morgan fingerprint density at radius 2 is 2.11 bits per heavy atom. The number of allylic oxidation sites excluding steroid dienone is 2. The number of carbonyl (C=O) groups excluding carboxylic acids is 1. The predicted octanol–water partition coefficient (Wildman–Crippen LogP) is 4.71. The highest BCUT2D eigenvalue weighted by molar-refractivity contribution is 5.96. The number of oxime groups is 1. The maximum atomic E-state index is 11.9. The number of hydrogen-bond acceptors (Lipinski definition) is 4. The average molecular weight is 370 g/mol. The lowest BCUT2D eigenvalue weighted by molar-refractivity contribution is -0.170. The molecular weight excluding hydrogens is 338 g/mol. The minimum Gasteiger partial charge on any atom is -0.445 e. The molecule has 27 heavy (non-hydrogen) atoms. The Labute approximate surface area is 162 Å². The van der Waals surface area contributed by atoms with Crippen LogP contribution < -0.4 is 0 Å².